The highest BCUT2D eigenvalue weighted by Gasteiger charge is 2.24. The lowest BCUT2D eigenvalue weighted by atomic mass is 10.2. The molecule has 0 bridgehead atoms. The Hall–Kier alpha value is -3.15. The van der Waals surface area contributed by atoms with Gasteiger partial charge < -0.3 is 10.2 Å². The van der Waals surface area contributed by atoms with E-state index in [0.717, 1.165) is 24.1 Å². The number of para-hydroxylation sites is 1. The summed E-state index contributed by atoms with van der Waals surface area (Å²) in [6, 6.07) is 13.1. The fourth-order valence-corrected chi connectivity index (χ4v) is 3.25. The van der Waals surface area contributed by atoms with Crippen LogP contribution in [0.4, 0.5) is 5.69 Å². The van der Waals surface area contributed by atoms with E-state index < -0.39 is 0 Å². The first kappa shape index (κ1) is 19.6. The number of aryl methyl sites for hydroxylation is 1. The molecule has 2 heterocycles. The lowest BCUT2D eigenvalue weighted by Crippen LogP contribution is -2.33. The normalized spacial score (nSPS) is 10.8. The number of hydrogen-bond acceptors (Lipinski definition) is 3. The molecule has 3 rings (SSSR count). The van der Waals surface area contributed by atoms with Crippen LogP contribution in [0.5, 0.6) is 0 Å². The third kappa shape index (κ3) is 3.91. The monoisotopic (exact) mass is 378 g/mol. The minimum Gasteiger partial charge on any atom is -0.336 e. The number of aromatic nitrogens is 2. The topological polar surface area (TPSA) is 66.7 Å². The Balaban J connectivity index is 1.99. The highest BCUT2D eigenvalue weighted by Crippen LogP contribution is 2.19. The second-order valence-electron chi connectivity index (χ2n) is 6.80. The van der Waals surface area contributed by atoms with Crippen molar-refractivity contribution in [2.24, 2.45) is 0 Å². The standard InChI is InChI=1S/C22H26N4O2/c1-4-13-25(14-5-2)22(28)20-24-19(18-12-8-9-15-26(18)20)21(27)23-17-11-7-6-10-16(17)3/h6-12,15H,4-5,13-14H2,1-3H3,(H,23,27). The number of amides is 2. The van der Waals surface area contributed by atoms with E-state index in [1.807, 2.05) is 57.2 Å². The molecule has 2 aromatic heterocycles. The van der Waals surface area contributed by atoms with Gasteiger partial charge in [0.25, 0.3) is 11.8 Å². The molecular formula is C22H26N4O2. The van der Waals surface area contributed by atoms with Gasteiger partial charge in [0, 0.05) is 25.0 Å². The molecule has 2 amide bonds. The van der Waals surface area contributed by atoms with Gasteiger partial charge in [-0.2, -0.15) is 0 Å². The van der Waals surface area contributed by atoms with Gasteiger partial charge in [0.1, 0.15) is 0 Å². The first-order valence-corrected chi connectivity index (χ1v) is 9.70. The van der Waals surface area contributed by atoms with E-state index in [0.29, 0.717) is 18.6 Å². The number of fused-ring (bicyclic) bond motifs is 1. The van der Waals surface area contributed by atoms with Crippen molar-refractivity contribution < 1.29 is 9.59 Å². The van der Waals surface area contributed by atoms with Crippen molar-refractivity contribution in [3.05, 3.63) is 65.7 Å². The summed E-state index contributed by atoms with van der Waals surface area (Å²) < 4.78 is 1.70. The van der Waals surface area contributed by atoms with Gasteiger partial charge in [-0.1, -0.05) is 38.1 Å². The van der Waals surface area contributed by atoms with Crippen LogP contribution in [0.3, 0.4) is 0 Å². The van der Waals surface area contributed by atoms with Crippen molar-refractivity contribution in [2.45, 2.75) is 33.6 Å². The Morgan fingerprint density at radius 1 is 1.04 bits per heavy atom. The summed E-state index contributed by atoms with van der Waals surface area (Å²) in [7, 11) is 0. The molecule has 0 unspecified atom stereocenters. The van der Waals surface area contributed by atoms with Crippen molar-refractivity contribution in [1.82, 2.24) is 14.3 Å². The second kappa shape index (κ2) is 8.69. The van der Waals surface area contributed by atoms with E-state index in [2.05, 4.69) is 10.3 Å². The molecule has 1 N–H and O–H groups in total. The Bertz CT molecular complexity index is 987. The highest BCUT2D eigenvalue weighted by molar-refractivity contribution is 6.09. The fourth-order valence-electron chi connectivity index (χ4n) is 3.25. The number of pyridine rings is 1. The number of rotatable bonds is 7. The third-order valence-corrected chi connectivity index (χ3v) is 4.62. The molecule has 0 atom stereocenters. The van der Waals surface area contributed by atoms with Crippen LogP contribution < -0.4 is 5.32 Å². The molecule has 0 saturated heterocycles. The highest BCUT2D eigenvalue weighted by atomic mass is 16.2. The zero-order valence-corrected chi connectivity index (χ0v) is 16.6. The summed E-state index contributed by atoms with van der Waals surface area (Å²) in [5, 5.41) is 2.91. The molecule has 28 heavy (non-hydrogen) atoms. The predicted molar refractivity (Wildman–Crippen MR) is 111 cm³/mol. The molecule has 0 saturated carbocycles. The van der Waals surface area contributed by atoms with E-state index in [-0.39, 0.29) is 23.3 Å². The zero-order chi connectivity index (χ0) is 20.1. The van der Waals surface area contributed by atoms with Crippen LogP contribution in [0.15, 0.2) is 48.7 Å². The molecule has 0 aliphatic rings. The molecule has 3 aromatic rings. The first-order chi connectivity index (χ1) is 13.6. The SMILES string of the molecule is CCCN(CCC)C(=O)c1nc(C(=O)Nc2ccccc2C)c2ccccn12. The van der Waals surface area contributed by atoms with E-state index >= 15 is 0 Å². The molecule has 0 aliphatic carbocycles. The predicted octanol–water partition coefficient (Wildman–Crippen LogP) is 4.16. The van der Waals surface area contributed by atoms with Crippen molar-refractivity contribution in [3.8, 4) is 0 Å². The van der Waals surface area contributed by atoms with Gasteiger partial charge in [0.05, 0.1) is 5.52 Å². The van der Waals surface area contributed by atoms with Crippen LogP contribution in [0.25, 0.3) is 5.52 Å². The smallest absolute Gasteiger partial charge is 0.290 e. The number of imidazole rings is 1. The number of carbonyl (C=O) groups is 2. The van der Waals surface area contributed by atoms with Gasteiger partial charge in [-0.15, -0.1) is 0 Å². The molecule has 0 spiro atoms. The molecule has 6 heteroatoms. The molecule has 0 aliphatic heterocycles. The summed E-state index contributed by atoms with van der Waals surface area (Å²) >= 11 is 0. The molecule has 0 fully saturated rings. The molecule has 146 valence electrons. The molecule has 1 aromatic carbocycles. The van der Waals surface area contributed by atoms with Crippen LogP contribution in [-0.4, -0.2) is 39.2 Å². The average molecular weight is 378 g/mol. The third-order valence-electron chi connectivity index (χ3n) is 4.62. The largest absolute Gasteiger partial charge is 0.336 e. The molecular weight excluding hydrogens is 352 g/mol. The Labute approximate surface area is 165 Å². The Kier molecular flexibility index (Phi) is 6.09. The van der Waals surface area contributed by atoms with Gasteiger partial charge in [-0.05, 0) is 43.5 Å². The van der Waals surface area contributed by atoms with E-state index in [1.54, 1.807) is 21.6 Å². The second-order valence-corrected chi connectivity index (χ2v) is 6.80. The summed E-state index contributed by atoms with van der Waals surface area (Å²) in [5.41, 5.74) is 2.56. The minimum absolute atomic E-state index is 0.153. The van der Waals surface area contributed by atoms with Gasteiger partial charge in [0.15, 0.2) is 5.69 Å². The first-order valence-electron chi connectivity index (χ1n) is 9.70. The van der Waals surface area contributed by atoms with Gasteiger partial charge in [-0.25, -0.2) is 4.98 Å². The Morgan fingerprint density at radius 3 is 2.39 bits per heavy atom. The van der Waals surface area contributed by atoms with Gasteiger partial charge in [-0.3, -0.25) is 14.0 Å². The molecule has 0 radical (unpaired) electrons. The van der Waals surface area contributed by atoms with Crippen molar-refractivity contribution >= 4 is 23.0 Å². The quantitative estimate of drug-likeness (QED) is 0.671. The van der Waals surface area contributed by atoms with Gasteiger partial charge >= 0.3 is 0 Å². The summed E-state index contributed by atoms with van der Waals surface area (Å²) in [4.78, 5) is 32.3. The lowest BCUT2D eigenvalue weighted by molar-refractivity contribution is 0.0742. The van der Waals surface area contributed by atoms with Crippen LogP contribution in [-0.2, 0) is 0 Å². The number of carbonyl (C=O) groups excluding carboxylic acids is 2. The summed E-state index contributed by atoms with van der Waals surface area (Å²) in [6.45, 7) is 7.35. The van der Waals surface area contributed by atoms with Crippen molar-refractivity contribution in [1.29, 1.82) is 0 Å². The number of benzene rings is 1. The van der Waals surface area contributed by atoms with E-state index in [9.17, 15) is 9.59 Å². The summed E-state index contributed by atoms with van der Waals surface area (Å²) in [5.74, 6) is -0.207. The number of nitrogens with one attached hydrogen (secondary N) is 1. The number of anilines is 1. The van der Waals surface area contributed by atoms with Crippen LogP contribution in [0, 0.1) is 6.92 Å². The Morgan fingerprint density at radius 2 is 1.71 bits per heavy atom. The number of nitrogens with zero attached hydrogens (tertiary/aromatic N) is 3. The van der Waals surface area contributed by atoms with Crippen molar-refractivity contribution in [3.63, 3.8) is 0 Å². The fraction of sp³-hybridized carbons (Fsp3) is 0.318. The van der Waals surface area contributed by atoms with Crippen LogP contribution in [0.2, 0.25) is 0 Å². The van der Waals surface area contributed by atoms with Gasteiger partial charge in [0.2, 0.25) is 5.82 Å². The lowest BCUT2D eigenvalue weighted by Gasteiger charge is -2.20. The van der Waals surface area contributed by atoms with E-state index in [4.69, 9.17) is 0 Å². The minimum atomic E-state index is -0.324. The maximum absolute atomic E-state index is 13.1. The van der Waals surface area contributed by atoms with Crippen LogP contribution >= 0.6 is 0 Å². The summed E-state index contributed by atoms with van der Waals surface area (Å²) in [6.07, 6.45) is 3.52. The van der Waals surface area contributed by atoms with Crippen LogP contribution in [0.1, 0.15) is 53.4 Å². The molecule has 6 nitrogen and oxygen atoms in total. The van der Waals surface area contributed by atoms with Crippen molar-refractivity contribution in [2.75, 3.05) is 18.4 Å². The average Bonchev–Trinajstić information content (AvgIpc) is 3.09. The maximum atomic E-state index is 13.1. The zero-order valence-electron chi connectivity index (χ0n) is 16.6. The van der Waals surface area contributed by atoms with E-state index in [1.165, 1.54) is 0 Å². The number of hydrogen-bond donors (Lipinski definition) is 1. The maximum Gasteiger partial charge on any atom is 0.290 e.